The summed E-state index contributed by atoms with van der Waals surface area (Å²) in [6.07, 6.45) is 0.108. The van der Waals surface area contributed by atoms with Gasteiger partial charge in [0.15, 0.2) is 11.2 Å². The van der Waals surface area contributed by atoms with Crippen LogP contribution >= 0.6 is 0 Å². The lowest BCUT2D eigenvalue weighted by Gasteiger charge is -2.29. The number of ether oxygens (including phenoxy) is 1. The van der Waals surface area contributed by atoms with Crippen molar-refractivity contribution >= 4 is 22.3 Å². The fourth-order valence-electron chi connectivity index (χ4n) is 6.97. The molecule has 230 valence electrons. The Kier molecular flexibility index (Phi) is 6.20. The first-order valence-corrected chi connectivity index (χ1v) is 14.3. The van der Waals surface area contributed by atoms with E-state index in [0.29, 0.717) is 16.6 Å². The van der Waals surface area contributed by atoms with Gasteiger partial charge in [0.2, 0.25) is 16.3 Å². The van der Waals surface area contributed by atoms with Crippen LogP contribution in [0.5, 0.6) is 11.5 Å². The Hall–Kier alpha value is -5.37. The largest absolute Gasteiger partial charge is 0.510 e. The standard InChI is InChI=1S/C31H27N5O9/c1-35-5-7-36(8-6-35)34-32-12-15-10-14-9-13-3-4-31(23(13)27(41)18(14)30(44)33-15)28(42)21-22(29(31)43)26(40)20-19(25(21)39)16(37)11-17(45-2)24(20)38/h9-11,41-43H,3-8,12H2,1-2H3,(H,33,44). The number of piperazine rings is 1. The fourth-order valence-corrected chi connectivity index (χ4v) is 6.97. The smallest absolute Gasteiger partial charge is 0.259 e. The van der Waals surface area contributed by atoms with Gasteiger partial charge in [0, 0.05) is 30.4 Å². The summed E-state index contributed by atoms with van der Waals surface area (Å²) in [5.74, 6) is -2.48. The SMILES string of the molecule is COc1cc(=O)c2c(=O)c3c(c(=O)c=2c1=O)=C(O)C1(CCc2cc4cc(CN=NN5CCN(C)CC5)[nH]c(=O)c4c(O)c21)C=3O. The van der Waals surface area contributed by atoms with Crippen LogP contribution < -0.4 is 42.4 Å². The number of H-pyrrole nitrogens is 1. The normalized spacial score (nSPS) is 19.8. The fraction of sp³-hybridized carbons (Fsp3) is 0.323. The second kappa shape index (κ2) is 9.82. The number of hydrogen-bond acceptors (Lipinski definition) is 12. The number of aliphatic hydroxyl groups excluding tert-OH is 2. The summed E-state index contributed by atoms with van der Waals surface area (Å²) >= 11 is 0. The van der Waals surface area contributed by atoms with Crippen molar-refractivity contribution in [2.75, 3.05) is 40.3 Å². The molecular weight excluding hydrogens is 586 g/mol. The number of aliphatic hydroxyl groups is 2. The van der Waals surface area contributed by atoms with E-state index in [9.17, 15) is 39.3 Å². The number of aromatic nitrogens is 1. The van der Waals surface area contributed by atoms with E-state index in [4.69, 9.17) is 4.74 Å². The summed E-state index contributed by atoms with van der Waals surface area (Å²) in [4.78, 5) is 71.1. The predicted octanol–water partition coefficient (Wildman–Crippen LogP) is -1.37. The van der Waals surface area contributed by atoms with Crippen molar-refractivity contribution in [1.82, 2.24) is 14.9 Å². The van der Waals surface area contributed by atoms with E-state index in [-0.39, 0.29) is 30.3 Å². The average Bonchev–Trinajstić information content (AvgIpc) is 3.50. The minimum atomic E-state index is -1.95. The minimum absolute atomic E-state index is 0.0423. The van der Waals surface area contributed by atoms with Crippen molar-refractivity contribution in [3.05, 3.63) is 107 Å². The molecule has 1 atom stereocenters. The van der Waals surface area contributed by atoms with Crippen LogP contribution in [-0.4, -0.2) is 70.5 Å². The van der Waals surface area contributed by atoms with Gasteiger partial charge in [0.25, 0.3) is 5.56 Å². The Balaban J connectivity index is 1.40. The first kappa shape index (κ1) is 28.4. The highest BCUT2D eigenvalue weighted by Crippen LogP contribution is 2.54. The maximum atomic E-state index is 13.6. The molecule has 7 rings (SSSR count). The van der Waals surface area contributed by atoms with Gasteiger partial charge in [-0.2, -0.15) is 5.11 Å². The molecule has 1 aliphatic heterocycles. The van der Waals surface area contributed by atoms with E-state index in [1.165, 1.54) is 0 Å². The number of pyridine rings is 1. The van der Waals surface area contributed by atoms with Gasteiger partial charge >= 0.3 is 0 Å². The molecule has 1 spiro atoms. The molecule has 1 aromatic heterocycles. The number of benzene rings is 1. The molecule has 0 amide bonds. The van der Waals surface area contributed by atoms with Gasteiger partial charge in [0.05, 0.1) is 46.5 Å². The Labute approximate surface area is 251 Å². The number of rotatable bonds is 4. The molecule has 0 bridgehead atoms. The Morgan fingerprint density at radius 3 is 2.22 bits per heavy atom. The lowest BCUT2D eigenvalue weighted by Crippen LogP contribution is -2.51. The molecule has 1 unspecified atom stereocenters. The monoisotopic (exact) mass is 613 g/mol. The topological polar surface area (TPSA) is 202 Å². The number of aryl methyl sites for hydroxylation is 1. The van der Waals surface area contributed by atoms with E-state index < -0.39 is 76.6 Å². The van der Waals surface area contributed by atoms with Crippen molar-refractivity contribution in [2.45, 2.75) is 24.8 Å². The van der Waals surface area contributed by atoms with Gasteiger partial charge in [-0.3, -0.25) is 29.0 Å². The van der Waals surface area contributed by atoms with Crippen LogP contribution in [0.15, 0.2) is 52.5 Å². The summed E-state index contributed by atoms with van der Waals surface area (Å²) in [7, 11) is 3.16. The van der Waals surface area contributed by atoms with Gasteiger partial charge < -0.3 is 29.9 Å². The molecule has 0 radical (unpaired) electrons. The molecule has 2 heterocycles. The molecule has 2 aromatic rings. The van der Waals surface area contributed by atoms with Crippen LogP contribution in [0.2, 0.25) is 0 Å². The third-order valence-electron chi connectivity index (χ3n) is 9.22. The maximum absolute atomic E-state index is 13.6. The van der Waals surface area contributed by atoms with E-state index in [1.807, 2.05) is 12.1 Å². The zero-order valence-electron chi connectivity index (χ0n) is 24.3. The number of phenols is 1. The third-order valence-corrected chi connectivity index (χ3v) is 9.22. The molecule has 1 aromatic carbocycles. The van der Waals surface area contributed by atoms with Crippen LogP contribution in [0.3, 0.4) is 0 Å². The van der Waals surface area contributed by atoms with E-state index >= 15 is 0 Å². The third kappa shape index (κ3) is 3.81. The van der Waals surface area contributed by atoms with Crippen molar-refractivity contribution in [3.8, 4) is 11.5 Å². The van der Waals surface area contributed by atoms with E-state index in [1.54, 1.807) is 12.1 Å². The molecule has 14 heteroatoms. The zero-order chi connectivity index (χ0) is 31.9. The number of nitrogens with one attached hydrogen (secondary N) is 1. The highest BCUT2D eigenvalue weighted by molar-refractivity contribution is 5.94. The lowest BCUT2D eigenvalue weighted by molar-refractivity contribution is 0.148. The van der Waals surface area contributed by atoms with Gasteiger partial charge in [-0.1, -0.05) is 11.3 Å². The van der Waals surface area contributed by atoms with Crippen LogP contribution in [-0.2, 0) is 18.4 Å². The molecule has 1 saturated heterocycles. The Morgan fingerprint density at radius 1 is 0.889 bits per heavy atom. The summed E-state index contributed by atoms with van der Waals surface area (Å²) in [6.45, 7) is 3.27. The second-order valence-corrected chi connectivity index (χ2v) is 11.7. The molecular formula is C31H27N5O9. The number of nitrogens with zero attached hydrogens (tertiary/aromatic N) is 4. The molecule has 14 nitrogen and oxygen atoms in total. The summed E-state index contributed by atoms with van der Waals surface area (Å²) < 4.78 is 4.91. The van der Waals surface area contributed by atoms with Crippen LogP contribution in [0.4, 0.5) is 0 Å². The number of methoxy groups -OCH3 is 1. The van der Waals surface area contributed by atoms with Crippen LogP contribution in [0.1, 0.15) is 23.2 Å². The number of fused-ring (bicyclic) bond motifs is 4. The van der Waals surface area contributed by atoms with Crippen LogP contribution in [0.25, 0.3) is 22.3 Å². The molecule has 1 fully saturated rings. The number of phenolic OH excluding ortho intramolecular Hbond substituents is 1. The van der Waals surface area contributed by atoms with Crippen molar-refractivity contribution < 1.29 is 20.1 Å². The lowest BCUT2D eigenvalue weighted by atomic mass is 9.78. The predicted molar refractivity (Wildman–Crippen MR) is 161 cm³/mol. The highest BCUT2D eigenvalue weighted by atomic mass is 16.5. The Bertz CT molecular complexity index is 2470. The van der Waals surface area contributed by atoms with E-state index in [0.717, 1.165) is 39.4 Å². The molecule has 4 aliphatic carbocycles. The van der Waals surface area contributed by atoms with Crippen molar-refractivity contribution in [3.63, 3.8) is 0 Å². The molecule has 45 heavy (non-hydrogen) atoms. The summed E-state index contributed by atoms with van der Waals surface area (Å²) in [6, 6.07) is 4.08. The minimum Gasteiger partial charge on any atom is -0.510 e. The number of aromatic amines is 1. The second-order valence-electron chi connectivity index (χ2n) is 11.7. The van der Waals surface area contributed by atoms with Crippen molar-refractivity contribution in [2.24, 2.45) is 10.3 Å². The van der Waals surface area contributed by atoms with Gasteiger partial charge in [-0.25, -0.2) is 0 Å². The van der Waals surface area contributed by atoms with Gasteiger partial charge in [0.1, 0.15) is 29.2 Å². The quantitative estimate of drug-likeness (QED) is 0.198. The summed E-state index contributed by atoms with van der Waals surface area (Å²) in [5.41, 5.74) is -5.93. The van der Waals surface area contributed by atoms with E-state index in [2.05, 4.69) is 20.2 Å². The number of aromatic hydroxyl groups is 1. The van der Waals surface area contributed by atoms with Gasteiger partial charge in [-0.05, 0) is 36.9 Å². The number of hydrogen-bond donors (Lipinski definition) is 4. The first-order valence-electron chi connectivity index (χ1n) is 14.3. The van der Waals surface area contributed by atoms with Gasteiger partial charge in [-0.15, -0.1) is 0 Å². The number of likely N-dealkylation sites (N-methyl/N-ethyl adjacent to an activating group) is 1. The molecule has 0 saturated carbocycles. The average molecular weight is 614 g/mol. The highest BCUT2D eigenvalue weighted by Gasteiger charge is 2.53. The maximum Gasteiger partial charge on any atom is 0.259 e. The van der Waals surface area contributed by atoms with Crippen molar-refractivity contribution in [1.29, 1.82) is 0 Å². The van der Waals surface area contributed by atoms with Crippen LogP contribution in [0, 0.1) is 10.4 Å². The first-order chi connectivity index (χ1) is 21.5. The Morgan fingerprint density at radius 2 is 1.56 bits per heavy atom. The zero-order valence-corrected chi connectivity index (χ0v) is 24.3. The summed E-state index contributed by atoms with van der Waals surface area (Å²) in [5, 5.41) is 42.5. The molecule has 4 N–H and O–H groups in total. The molecule has 5 aliphatic rings.